The van der Waals surface area contributed by atoms with Gasteiger partial charge < -0.3 is 15.1 Å². The number of aryl methyl sites for hydroxylation is 1. The molecule has 0 aliphatic carbocycles. The Labute approximate surface area is 192 Å². The lowest BCUT2D eigenvalue weighted by atomic mass is 10.2. The molecule has 1 aliphatic rings. The highest BCUT2D eigenvalue weighted by molar-refractivity contribution is 7.14. The average molecular weight is 475 g/mol. The van der Waals surface area contributed by atoms with E-state index >= 15 is 0 Å². The minimum absolute atomic E-state index is 0.0131. The molecule has 1 aliphatic heterocycles. The van der Waals surface area contributed by atoms with Crippen LogP contribution in [0.25, 0.3) is 0 Å². The number of aromatic nitrogens is 1. The summed E-state index contributed by atoms with van der Waals surface area (Å²) in [4.78, 5) is 48.1. The maximum atomic E-state index is 12.7. The third-order valence-corrected chi connectivity index (χ3v) is 7.59. The van der Waals surface area contributed by atoms with Crippen molar-refractivity contribution in [2.45, 2.75) is 19.8 Å². The van der Waals surface area contributed by atoms with Gasteiger partial charge in [-0.05, 0) is 30.5 Å². The second-order valence-corrected chi connectivity index (χ2v) is 10.4. The normalized spacial score (nSPS) is 14.0. The molecule has 3 aromatic rings. The molecule has 1 N–H and O–H groups in total. The standard InChI is InChI=1S/C21H22N4O3S3/c1-14-4-5-17(31-14)20(28)25-8-6-24(7-9-25)19(27)11-15-13-30-21(22-15)23-18(26)12-16-3-2-10-29-16/h2-5,10,13H,6-9,11-12H2,1H3,(H,22,23,26). The van der Waals surface area contributed by atoms with E-state index in [9.17, 15) is 14.4 Å². The highest BCUT2D eigenvalue weighted by Gasteiger charge is 2.26. The molecule has 0 aromatic carbocycles. The summed E-state index contributed by atoms with van der Waals surface area (Å²) in [5, 5.41) is 7.04. The lowest BCUT2D eigenvalue weighted by molar-refractivity contribution is -0.132. The fourth-order valence-electron chi connectivity index (χ4n) is 3.31. The molecular formula is C21H22N4O3S3. The monoisotopic (exact) mass is 474 g/mol. The maximum Gasteiger partial charge on any atom is 0.264 e. The predicted molar refractivity (Wildman–Crippen MR) is 124 cm³/mol. The number of nitrogens with one attached hydrogen (secondary N) is 1. The van der Waals surface area contributed by atoms with Crippen molar-refractivity contribution >= 4 is 56.9 Å². The zero-order valence-corrected chi connectivity index (χ0v) is 19.4. The van der Waals surface area contributed by atoms with E-state index in [1.807, 2.05) is 36.6 Å². The van der Waals surface area contributed by atoms with Crippen LogP contribution in [-0.2, 0) is 22.4 Å². The number of thiazole rings is 1. The molecule has 1 saturated heterocycles. The fraction of sp³-hybridized carbons (Fsp3) is 0.333. The maximum absolute atomic E-state index is 12.7. The van der Waals surface area contributed by atoms with E-state index in [0.717, 1.165) is 14.6 Å². The number of anilines is 1. The van der Waals surface area contributed by atoms with Crippen molar-refractivity contribution in [1.29, 1.82) is 0 Å². The zero-order valence-electron chi connectivity index (χ0n) is 17.0. The predicted octanol–water partition coefficient (Wildman–Crippen LogP) is 3.28. The van der Waals surface area contributed by atoms with Crippen molar-refractivity contribution in [2.75, 3.05) is 31.5 Å². The Bertz CT molecular complexity index is 1070. The van der Waals surface area contributed by atoms with E-state index in [1.165, 1.54) is 22.7 Å². The molecule has 4 heterocycles. The Morgan fingerprint density at radius 3 is 2.48 bits per heavy atom. The molecule has 0 atom stereocenters. The van der Waals surface area contributed by atoms with Gasteiger partial charge in [0.15, 0.2) is 5.13 Å². The number of nitrogens with zero attached hydrogens (tertiary/aromatic N) is 3. The Morgan fingerprint density at radius 2 is 1.81 bits per heavy atom. The Kier molecular flexibility index (Phi) is 6.79. The average Bonchev–Trinajstić information content (AvgIpc) is 3.51. The first kappa shape index (κ1) is 21.7. The number of hydrogen-bond donors (Lipinski definition) is 1. The molecule has 0 radical (unpaired) electrons. The third-order valence-electron chi connectivity index (χ3n) is 4.92. The SMILES string of the molecule is Cc1ccc(C(=O)N2CCN(C(=O)Cc3csc(NC(=O)Cc4cccs4)n3)CC2)s1. The van der Waals surface area contributed by atoms with Crippen LogP contribution in [0.5, 0.6) is 0 Å². The molecule has 0 bridgehead atoms. The molecule has 4 rings (SSSR count). The second-order valence-electron chi connectivity index (χ2n) is 7.21. The molecule has 3 aromatic heterocycles. The van der Waals surface area contributed by atoms with Crippen molar-refractivity contribution in [3.05, 3.63) is 55.4 Å². The van der Waals surface area contributed by atoms with Gasteiger partial charge in [0, 0.05) is 41.3 Å². The topological polar surface area (TPSA) is 82.6 Å². The summed E-state index contributed by atoms with van der Waals surface area (Å²) in [5.74, 6) is -0.0927. The van der Waals surface area contributed by atoms with E-state index in [-0.39, 0.29) is 24.1 Å². The summed E-state index contributed by atoms with van der Waals surface area (Å²) in [6.07, 6.45) is 0.509. The van der Waals surface area contributed by atoms with Gasteiger partial charge in [-0.3, -0.25) is 14.4 Å². The second kappa shape index (κ2) is 9.71. The fourth-order valence-corrected chi connectivity index (χ4v) is 5.58. The molecule has 0 unspecified atom stereocenters. The van der Waals surface area contributed by atoms with Gasteiger partial charge in [-0.1, -0.05) is 6.07 Å². The van der Waals surface area contributed by atoms with Crippen LogP contribution >= 0.6 is 34.0 Å². The summed E-state index contributed by atoms with van der Waals surface area (Å²) in [5.41, 5.74) is 0.647. The van der Waals surface area contributed by atoms with Gasteiger partial charge in [0.1, 0.15) is 0 Å². The first-order valence-electron chi connectivity index (χ1n) is 9.88. The highest BCUT2D eigenvalue weighted by Crippen LogP contribution is 2.20. The van der Waals surface area contributed by atoms with Gasteiger partial charge in [0.25, 0.3) is 5.91 Å². The van der Waals surface area contributed by atoms with E-state index in [0.29, 0.717) is 43.4 Å². The summed E-state index contributed by atoms with van der Waals surface area (Å²) < 4.78 is 0. The van der Waals surface area contributed by atoms with Gasteiger partial charge in [-0.15, -0.1) is 34.0 Å². The molecule has 1 fully saturated rings. The Morgan fingerprint density at radius 1 is 1.03 bits per heavy atom. The van der Waals surface area contributed by atoms with Crippen LogP contribution < -0.4 is 5.32 Å². The lowest BCUT2D eigenvalue weighted by Gasteiger charge is -2.34. The molecule has 3 amide bonds. The molecule has 7 nitrogen and oxygen atoms in total. The van der Waals surface area contributed by atoms with E-state index in [1.54, 1.807) is 26.5 Å². The van der Waals surface area contributed by atoms with Gasteiger partial charge in [0.05, 0.1) is 23.4 Å². The van der Waals surface area contributed by atoms with Crippen LogP contribution in [0.3, 0.4) is 0 Å². The quantitative estimate of drug-likeness (QED) is 0.594. The summed E-state index contributed by atoms with van der Waals surface area (Å²) in [6.45, 7) is 4.08. The van der Waals surface area contributed by atoms with Crippen LogP contribution in [0.15, 0.2) is 35.0 Å². The van der Waals surface area contributed by atoms with Crippen molar-refractivity contribution in [1.82, 2.24) is 14.8 Å². The van der Waals surface area contributed by atoms with Crippen LogP contribution in [0.4, 0.5) is 5.13 Å². The Balaban J connectivity index is 1.25. The smallest absolute Gasteiger partial charge is 0.264 e. The molecule has 10 heteroatoms. The van der Waals surface area contributed by atoms with Gasteiger partial charge in [-0.25, -0.2) is 4.98 Å². The number of carbonyl (C=O) groups excluding carboxylic acids is 3. The summed E-state index contributed by atoms with van der Waals surface area (Å²) >= 11 is 4.36. The van der Waals surface area contributed by atoms with E-state index in [2.05, 4.69) is 10.3 Å². The molecule has 0 saturated carbocycles. The van der Waals surface area contributed by atoms with Gasteiger partial charge in [0.2, 0.25) is 11.8 Å². The number of hydrogen-bond acceptors (Lipinski definition) is 7. The minimum Gasteiger partial charge on any atom is -0.339 e. The van der Waals surface area contributed by atoms with Crippen molar-refractivity contribution in [3.8, 4) is 0 Å². The molecular weight excluding hydrogens is 452 g/mol. The molecule has 0 spiro atoms. The van der Waals surface area contributed by atoms with Crippen LogP contribution in [0, 0.1) is 6.92 Å². The van der Waals surface area contributed by atoms with Crippen LogP contribution in [0.2, 0.25) is 0 Å². The number of thiophene rings is 2. The third kappa shape index (κ3) is 5.57. The molecule has 31 heavy (non-hydrogen) atoms. The molecule has 162 valence electrons. The first-order chi connectivity index (χ1) is 15.0. The number of rotatable bonds is 6. The lowest BCUT2D eigenvalue weighted by Crippen LogP contribution is -2.50. The van der Waals surface area contributed by atoms with Gasteiger partial charge >= 0.3 is 0 Å². The van der Waals surface area contributed by atoms with Crippen molar-refractivity contribution in [2.24, 2.45) is 0 Å². The van der Waals surface area contributed by atoms with Crippen molar-refractivity contribution in [3.63, 3.8) is 0 Å². The van der Waals surface area contributed by atoms with E-state index < -0.39 is 0 Å². The van der Waals surface area contributed by atoms with Crippen LogP contribution in [-0.4, -0.2) is 58.7 Å². The summed E-state index contributed by atoms with van der Waals surface area (Å²) in [7, 11) is 0. The largest absolute Gasteiger partial charge is 0.339 e. The van der Waals surface area contributed by atoms with E-state index in [4.69, 9.17) is 0 Å². The number of piperazine rings is 1. The zero-order chi connectivity index (χ0) is 21.8. The summed E-state index contributed by atoms with van der Waals surface area (Å²) in [6, 6.07) is 7.65. The Hall–Kier alpha value is -2.56. The van der Waals surface area contributed by atoms with Crippen molar-refractivity contribution < 1.29 is 14.4 Å². The highest BCUT2D eigenvalue weighted by atomic mass is 32.1. The number of carbonyl (C=O) groups is 3. The number of amides is 3. The van der Waals surface area contributed by atoms with Gasteiger partial charge in [-0.2, -0.15) is 0 Å². The van der Waals surface area contributed by atoms with Crippen LogP contribution in [0.1, 0.15) is 25.1 Å². The minimum atomic E-state index is -0.114. The first-order valence-corrected chi connectivity index (χ1v) is 12.5.